The molecular formula is C22H24Cl2O2. The molecule has 0 bridgehead atoms. The van der Waals surface area contributed by atoms with Gasteiger partial charge in [-0.05, 0) is 61.3 Å². The lowest BCUT2D eigenvalue weighted by Gasteiger charge is -2.27. The second kappa shape index (κ2) is 8.92. The van der Waals surface area contributed by atoms with Crippen LogP contribution >= 0.6 is 23.2 Å². The maximum Gasteiger partial charge on any atom is 0.314 e. The molecule has 1 aliphatic carbocycles. The van der Waals surface area contributed by atoms with E-state index in [1.54, 1.807) is 18.2 Å². The Bertz CT molecular complexity index is 747. The molecule has 0 N–H and O–H groups in total. The zero-order chi connectivity index (χ0) is 18.5. The minimum Gasteiger partial charge on any atom is -0.426 e. The van der Waals surface area contributed by atoms with Gasteiger partial charge in [-0.3, -0.25) is 4.79 Å². The molecule has 3 rings (SSSR count). The molecule has 0 unspecified atom stereocenters. The number of rotatable bonds is 5. The van der Waals surface area contributed by atoms with E-state index in [2.05, 4.69) is 31.2 Å². The molecule has 0 spiro atoms. The van der Waals surface area contributed by atoms with Gasteiger partial charge in [-0.15, -0.1) is 0 Å². The first-order chi connectivity index (χ1) is 12.6. The van der Waals surface area contributed by atoms with Crippen molar-refractivity contribution in [3.8, 4) is 5.75 Å². The Balaban J connectivity index is 1.54. The molecule has 0 amide bonds. The van der Waals surface area contributed by atoms with E-state index < -0.39 is 0 Å². The lowest BCUT2D eigenvalue weighted by molar-refractivity contribution is -0.140. The number of benzene rings is 2. The normalized spacial score (nSPS) is 20.0. The number of carbonyl (C=O) groups is 1. The van der Waals surface area contributed by atoms with E-state index in [1.807, 2.05) is 0 Å². The summed E-state index contributed by atoms with van der Waals surface area (Å²) in [5, 5.41) is 0.851. The highest BCUT2D eigenvalue weighted by Gasteiger charge is 2.28. The standard InChI is InChI=1S/C22H24Cl2O2/c1-2-3-15-4-6-16(7-5-15)17-8-10-18(11-9-17)22(25)26-19-12-13-20(23)21(24)14-19/h4-7,12-14,17-18H,2-3,8-11H2,1H3/t17-,18-. The maximum atomic E-state index is 12.4. The highest BCUT2D eigenvalue weighted by atomic mass is 35.5. The number of hydrogen-bond donors (Lipinski definition) is 0. The summed E-state index contributed by atoms with van der Waals surface area (Å²) in [4.78, 5) is 12.4. The van der Waals surface area contributed by atoms with Crippen molar-refractivity contribution in [2.24, 2.45) is 5.92 Å². The number of ether oxygens (including phenoxy) is 1. The van der Waals surface area contributed by atoms with Gasteiger partial charge in [0.25, 0.3) is 0 Å². The lowest BCUT2D eigenvalue weighted by atomic mass is 9.78. The van der Waals surface area contributed by atoms with E-state index in [1.165, 1.54) is 17.5 Å². The Morgan fingerprint density at radius 1 is 1.00 bits per heavy atom. The highest BCUT2D eigenvalue weighted by Crippen LogP contribution is 2.37. The van der Waals surface area contributed by atoms with Crippen LogP contribution in [0, 0.1) is 5.92 Å². The molecule has 1 aliphatic rings. The minimum atomic E-state index is -0.167. The molecule has 2 aromatic rings. The second-order valence-electron chi connectivity index (χ2n) is 7.04. The predicted molar refractivity (Wildman–Crippen MR) is 107 cm³/mol. The molecule has 0 aliphatic heterocycles. The summed E-state index contributed by atoms with van der Waals surface area (Å²) >= 11 is 11.9. The maximum absolute atomic E-state index is 12.4. The molecule has 0 atom stereocenters. The summed E-state index contributed by atoms with van der Waals surface area (Å²) < 4.78 is 5.49. The van der Waals surface area contributed by atoms with Gasteiger partial charge in [0, 0.05) is 6.07 Å². The smallest absolute Gasteiger partial charge is 0.314 e. The third-order valence-corrected chi connectivity index (χ3v) is 5.90. The number of halogens is 2. The van der Waals surface area contributed by atoms with Crippen molar-refractivity contribution in [1.82, 2.24) is 0 Å². The van der Waals surface area contributed by atoms with Crippen LogP contribution in [0.15, 0.2) is 42.5 Å². The van der Waals surface area contributed by atoms with Crippen molar-refractivity contribution in [1.29, 1.82) is 0 Å². The van der Waals surface area contributed by atoms with Gasteiger partial charge in [0.15, 0.2) is 0 Å². The van der Waals surface area contributed by atoms with Crippen molar-refractivity contribution < 1.29 is 9.53 Å². The number of hydrogen-bond acceptors (Lipinski definition) is 2. The topological polar surface area (TPSA) is 26.3 Å². The van der Waals surface area contributed by atoms with Gasteiger partial charge >= 0.3 is 5.97 Å². The van der Waals surface area contributed by atoms with E-state index in [0.717, 1.165) is 32.1 Å². The van der Waals surface area contributed by atoms with E-state index in [4.69, 9.17) is 27.9 Å². The van der Waals surface area contributed by atoms with Gasteiger partial charge in [0.05, 0.1) is 16.0 Å². The van der Waals surface area contributed by atoms with Gasteiger partial charge in [-0.1, -0.05) is 60.8 Å². The van der Waals surface area contributed by atoms with Crippen LogP contribution in [0.2, 0.25) is 10.0 Å². The lowest BCUT2D eigenvalue weighted by Crippen LogP contribution is -2.25. The summed E-state index contributed by atoms with van der Waals surface area (Å²) in [6, 6.07) is 13.9. The molecule has 1 fully saturated rings. The Hall–Kier alpha value is -1.51. The van der Waals surface area contributed by atoms with Crippen LogP contribution in [0.3, 0.4) is 0 Å². The summed E-state index contributed by atoms with van der Waals surface area (Å²) in [6.07, 6.45) is 6.07. The van der Waals surface area contributed by atoms with Crippen molar-refractivity contribution >= 4 is 29.2 Å². The van der Waals surface area contributed by atoms with Crippen LogP contribution in [0.25, 0.3) is 0 Å². The molecular weight excluding hydrogens is 367 g/mol. The van der Waals surface area contributed by atoms with Gasteiger partial charge < -0.3 is 4.74 Å². The molecule has 0 heterocycles. The third kappa shape index (κ3) is 4.81. The van der Waals surface area contributed by atoms with Crippen LogP contribution in [-0.4, -0.2) is 5.97 Å². The number of aryl methyl sites for hydroxylation is 1. The zero-order valence-electron chi connectivity index (χ0n) is 15.0. The SMILES string of the molecule is CCCc1ccc([C@H]2CC[C@H](C(=O)Oc3ccc(Cl)c(Cl)c3)CC2)cc1. The van der Waals surface area contributed by atoms with E-state index in [-0.39, 0.29) is 11.9 Å². The molecule has 0 saturated heterocycles. The predicted octanol–water partition coefficient (Wildman–Crippen LogP) is 6.83. The summed E-state index contributed by atoms with van der Waals surface area (Å²) in [7, 11) is 0. The molecule has 0 radical (unpaired) electrons. The first kappa shape index (κ1) is 19.3. The molecule has 4 heteroatoms. The highest BCUT2D eigenvalue weighted by molar-refractivity contribution is 6.42. The van der Waals surface area contributed by atoms with E-state index in [0.29, 0.717) is 21.7 Å². The summed E-state index contributed by atoms with van der Waals surface area (Å²) in [5.74, 6) is 0.790. The van der Waals surface area contributed by atoms with Crippen LogP contribution in [0.1, 0.15) is 56.1 Å². The molecule has 2 nitrogen and oxygen atoms in total. The number of carbonyl (C=O) groups excluding carboxylic acids is 1. The fourth-order valence-electron chi connectivity index (χ4n) is 3.65. The van der Waals surface area contributed by atoms with Gasteiger partial charge in [0.2, 0.25) is 0 Å². The Morgan fingerprint density at radius 3 is 2.31 bits per heavy atom. The average molecular weight is 391 g/mol. The van der Waals surface area contributed by atoms with Crippen molar-refractivity contribution in [2.45, 2.75) is 51.4 Å². The Morgan fingerprint density at radius 2 is 1.69 bits per heavy atom. The van der Waals surface area contributed by atoms with Crippen molar-refractivity contribution in [3.63, 3.8) is 0 Å². The minimum absolute atomic E-state index is 0.0416. The van der Waals surface area contributed by atoms with E-state index in [9.17, 15) is 4.79 Å². The van der Waals surface area contributed by atoms with Crippen molar-refractivity contribution in [3.05, 3.63) is 63.6 Å². The third-order valence-electron chi connectivity index (χ3n) is 5.16. The zero-order valence-corrected chi connectivity index (χ0v) is 16.5. The summed E-state index contributed by atoms with van der Waals surface area (Å²) in [6.45, 7) is 2.20. The molecule has 26 heavy (non-hydrogen) atoms. The van der Waals surface area contributed by atoms with E-state index >= 15 is 0 Å². The van der Waals surface area contributed by atoms with Crippen LogP contribution < -0.4 is 4.74 Å². The fourth-order valence-corrected chi connectivity index (χ4v) is 3.94. The Labute approximate surface area is 165 Å². The first-order valence-electron chi connectivity index (χ1n) is 9.32. The second-order valence-corrected chi connectivity index (χ2v) is 7.85. The van der Waals surface area contributed by atoms with Gasteiger partial charge in [0.1, 0.15) is 5.75 Å². The molecule has 1 saturated carbocycles. The quantitative estimate of drug-likeness (QED) is 0.413. The first-order valence-corrected chi connectivity index (χ1v) is 10.1. The molecule has 0 aromatic heterocycles. The monoisotopic (exact) mass is 390 g/mol. The Kier molecular flexibility index (Phi) is 6.61. The van der Waals surface area contributed by atoms with Crippen LogP contribution in [-0.2, 0) is 11.2 Å². The fraction of sp³-hybridized carbons (Fsp3) is 0.409. The largest absolute Gasteiger partial charge is 0.426 e. The summed E-state index contributed by atoms with van der Waals surface area (Å²) in [5.41, 5.74) is 2.79. The molecule has 2 aromatic carbocycles. The van der Waals surface area contributed by atoms with Gasteiger partial charge in [-0.2, -0.15) is 0 Å². The van der Waals surface area contributed by atoms with Crippen LogP contribution in [0.4, 0.5) is 0 Å². The van der Waals surface area contributed by atoms with Crippen LogP contribution in [0.5, 0.6) is 5.75 Å². The molecule has 138 valence electrons. The van der Waals surface area contributed by atoms with Gasteiger partial charge in [-0.25, -0.2) is 0 Å². The van der Waals surface area contributed by atoms with Crippen molar-refractivity contribution in [2.75, 3.05) is 0 Å². The average Bonchev–Trinajstić information content (AvgIpc) is 2.66. The number of esters is 1.